The number of halogens is 3. The summed E-state index contributed by atoms with van der Waals surface area (Å²) < 4.78 is 73.4. The van der Waals surface area contributed by atoms with Crippen LogP contribution < -0.4 is 9.74 Å². The number of hydrogen-bond donors (Lipinski definition) is 1. The van der Waals surface area contributed by atoms with Crippen molar-refractivity contribution in [3.63, 3.8) is 0 Å². The molecule has 1 atom stereocenters. The van der Waals surface area contributed by atoms with Crippen LogP contribution in [0.15, 0.2) is 29.1 Å². The van der Waals surface area contributed by atoms with Gasteiger partial charge < -0.3 is 23.5 Å². The van der Waals surface area contributed by atoms with Crippen LogP contribution in [0.1, 0.15) is 35.6 Å². The fourth-order valence-electron chi connectivity index (χ4n) is 4.81. The zero-order chi connectivity index (χ0) is 27.8. The van der Waals surface area contributed by atoms with Crippen LogP contribution in [0.5, 0.6) is 5.75 Å². The number of rotatable bonds is 5. The summed E-state index contributed by atoms with van der Waals surface area (Å²) in [4.78, 5) is 31.9. The quantitative estimate of drug-likeness (QED) is 0.225. The predicted molar refractivity (Wildman–Crippen MR) is 128 cm³/mol. The lowest BCUT2D eigenvalue weighted by atomic mass is 9.86. The first kappa shape index (κ1) is 26.1. The number of cyclic esters (lactones) is 1. The SMILES string of the molecule is CC[C@@]1(O)C(=O)OCc2c1cc1n(c2=O)Cc2cc3c(CN(C)C)c(OS(=O)(=O)C(F)(F)F)ccc3nc2-1. The summed E-state index contributed by atoms with van der Waals surface area (Å²) in [6, 6.07) is 5.60. The molecule has 38 heavy (non-hydrogen) atoms. The number of esters is 1. The highest BCUT2D eigenvalue weighted by atomic mass is 32.2. The van der Waals surface area contributed by atoms with E-state index in [2.05, 4.69) is 9.17 Å². The summed E-state index contributed by atoms with van der Waals surface area (Å²) >= 11 is 0. The third kappa shape index (κ3) is 3.85. The number of carbonyl (C=O) groups excluding carboxylic acids is 1. The topological polar surface area (TPSA) is 128 Å². The van der Waals surface area contributed by atoms with E-state index in [9.17, 15) is 36.3 Å². The van der Waals surface area contributed by atoms with E-state index in [0.29, 0.717) is 27.9 Å². The number of ether oxygens (including phenoxy) is 1. The molecule has 10 nitrogen and oxygen atoms in total. The summed E-state index contributed by atoms with van der Waals surface area (Å²) in [5.74, 6) is -1.34. The zero-order valence-corrected chi connectivity index (χ0v) is 21.2. The fourth-order valence-corrected chi connectivity index (χ4v) is 5.30. The van der Waals surface area contributed by atoms with E-state index in [4.69, 9.17) is 4.74 Å². The Kier molecular flexibility index (Phi) is 5.85. The molecule has 0 fully saturated rings. The molecule has 0 amide bonds. The van der Waals surface area contributed by atoms with E-state index in [1.54, 1.807) is 38.1 Å². The number of aliphatic hydroxyl groups is 1. The van der Waals surface area contributed by atoms with Crippen molar-refractivity contribution in [2.24, 2.45) is 0 Å². The Balaban J connectivity index is 1.70. The Hall–Kier alpha value is -3.49. The molecule has 14 heteroatoms. The van der Waals surface area contributed by atoms with E-state index in [1.165, 1.54) is 10.6 Å². The number of pyridine rings is 2. The van der Waals surface area contributed by atoms with Gasteiger partial charge >= 0.3 is 21.6 Å². The van der Waals surface area contributed by atoms with E-state index in [1.807, 2.05) is 0 Å². The van der Waals surface area contributed by atoms with Crippen LogP contribution in [-0.4, -0.2) is 53.5 Å². The highest BCUT2D eigenvalue weighted by molar-refractivity contribution is 7.88. The molecule has 0 radical (unpaired) electrons. The minimum atomic E-state index is -5.91. The second kappa shape index (κ2) is 8.51. The molecule has 2 aliphatic rings. The second-order valence-electron chi connectivity index (χ2n) is 9.43. The van der Waals surface area contributed by atoms with Crippen LogP contribution in [-0.2, 0) is 44.9 Å². The molecular formula is C24H22F3N3O7S. The highest BCUT2D eigenvalue weighted by Crippen LogP contribution is 2.40. The minimum absolute atomic E-state index is 0.0166. The average Bonchev–Trinajstić information content (AvgIpc) is 3.19. The van der Waals surface area contributed by atoms with Gasteiger partial charge in [0, 0.05) is 28.6 Å². The van der Waals surface area contributed by atoms with Crippen molar-refractivity contribution in [3.8, 4) is 17.1 Å². The largest absolute Gasteiger partial charge is 0.534 e. The molecule has 2 aliphatic heterocycles. The van der Waals surface area contributed by atoms with Gasteiger partial charge in [0.2, 0.25) is 0 Å². The number of carbonyl (C=O) groups is 1. The van der Waals surface area contributed by atoms with E-state index >= 15 is 0 Å². The number of alkyl halides is 3. The number of hydrogen-bond acceptors (Lipinski definition) is 9. The van der Waals surface area contributed by atoms with Gasteiger partial charge in [0.05, 0.1) is 29.0 Å². The molecule has 0 unspecified atom stereocenters. The Morgan fingerprint density at radius 2 is 1.95 bits per heavy atom. The van der Waals surface area contributed by atoms with Gasteiger partial charge in [-0.3, -0.25) is 4.79 Å². The summed E-state index contributed by atoms with van der Waals surface area (Å²) in [6.45, 7) is 1.39. The van der Waals surface area contributed by atoms with Crippen molar-refractivity contribution in [1.29, 1.82) is 0 Å². The molecule has 0 saturated heterocycles. The van der Waals surface area contributed by atoms with Crippen LogP contribution in [0, 0.1) is 0 Å². The summed E-state index contributed by atoms with van der Waals surface area (Å²) in [6.07, 6.45) is -0.0166. The smallest absolute Gasteiger partial charge is 0.458 e. The standard InChI is InChI=1S/C24H22F3N3O7S/c1-4-23(33)16-8-18-20-12(9-30(18)21(31)15(16)11-36-22(23)32)7-13-14(10-29(2)3)19(6-5-17(13)28-20)37-38(34,35)24(25,26)27/h5-8,33H,4,9-11H2,1-3H3/t23-/m0/s1. The molecule has 0 saturated carbocycles. The maximum Gasteiger partial charge on any atom is 0.534 e. The van der Waals surface area contributed by atoms with Crippen LogP contribution in [0.25, 0.3) is 22.3 Å². The van der Waals surface area contributed by atoms with Crippen molar-refractivity contribution >= 4 is 27.0 Å². The van der Waals surface area contributed by atoms with Crippen LogP contribution >= 0.6 is 0 Å². The van der Waals surface area contributed by atoms with Gasteiger partial charge in [-0.1, -0.05) is 6.92 Å². The number of fused-ring (bicyclic) bond motifs is 5. The molecular weight excluding hydrogens is 531 g/mol. The minimum Gasteiger partial charge on any atom is -0.458 e. The molecule has 1 N–H and O–H groups in total. The normalized spacial score (nSPS) is 18.8. The van der Waals surface area contributed by atoms with Crippen LogP contribution in [0.3, 0.4) is 0 Å². The lowest BCUT2D eigenvalue weighted by molar-refractivity contribution is -0.172. The maximum absolute atomic E-state index is 13.3. The molecule has 2 aromatic heterocycles. The van der Waals surface area contributed by atoms with Crippen LogP contribution in [0.4, 0.5) is 13.2 Å². The van der Waals surface area contributed by atoms with Gasteiger partial charge in [-0.15, -0.1) is 0 Å². The lowest BCUT2D eigenvalue weighted by Crippen LogP contribution is -2.44. The fraction of sp³-hybridized carbons (Fsp3) is 0.375. The van der Waals surface area contributed by atoms with Gasteiger partial charge in [-0.05, 0) is 44.8 Å². The molecule has 0 aliphatic carbocycles. The first-order valence-electron chi connectivity index (χ1n) is 11.5. The van der Waals surface area contributed by atoms with Gasteiger partial charge in [-0.2, -0.15) is 21.6 Å². The molecule has 1 aromatic carbocycles. The zero-order valence-electron chi connectivity index (χ0n) is 20.4. The van der Waals surface area contributed by atoms with Crippen molar-refractivity contribution in [2.45, 2.75) is 44.2 Å². The van der Waals surface area contributed by atoms with E-state index < -0.39 is 38.5 Å². The van der Waals surface area contributed by atoms with E-state index in [-0.39, 0.29) is 42.8 Å². The van der Waals surface area contributed by atoms with Crippen molar-refractivity contribution in [3.05, 3.63) is 56.9 Å². The molecule has 202 valence electrons. The first-order valence-corrected chi connectivity index (χ1v) is 12.9. The lowest BCUT2D eigenvalue weighted by Gasteiger charge is -2.31. The molecule has 4 heterocycles. The van der Waals surface area contributed by atoms with Crippen LogP contribution in [0.2, 0.25) is 0 Å². The monoisotopic (exact) mass is 553 g/mol. The second-order valence-corrected chi connectivity index (χ2v) is 11.0. The van der Waals surface area contributed by atoms with E-state index in [0.717, 1.165) is 6.07 Å². The van der Waals surface area contributed by atoms with Crippen molar-refractivity contribution in [1.82, 2.24) is 14.5 Å². The average molecular weight is 554 g/mol. The number of nitrogens with zero attached hydrogens (tertiary/aromatic N) is 3. The Bertz CT molecular complexity index is 1680. The number of benzene rings is 1. The summed E-state index contributed by atoms with van der Waals surface area (Å²) in [5.41, 5.74) is -5.99. The summed E-state index contributed by atoms with van der Waals surface area (Å²) in [7, 11) is -2.61. The van der Waals surface area contributed by atoms with Gasteiger partial charge in [0.1, 0.15) is 12.4 Å². The first-order chi connectivity index (χ1) is 17.7. The van der Waals surface area contributed by atoms with Crippen molar-refractivity contribution < 1.29 is 40.4 Å². The Morgan fingerprint density at radius 1 is 1.24 bits per heavy atom. The predicted octanol–water partition coefficient (Wildman–Crippen LogP) is 2.37. The molecule has 3 aromatic rings. The van der Waals surface area contributed by atoms with Crippen molar-refractivity contribution in [2.75, 3.05) is 14.1 Å². The van der Waals surface area contributed by atoms with Gasteiger partial charge in [0.15, 0.2) is 5.60 Å². The molecule has 0 bridgehead atoms. The number of aromatic nitrogens is 2. The molecule has 0 spiro atoms. The van der Waals surface area contributed by atoms with Gasteiger partial charge in [-0.25, -0.2) is 9.78 Å². The highest BCUT2D eigenvalue weighted by Gasteiger charge is 2.49. The summed E-state index contributed by atoms with van der Waals surface area (Å²) in [5, 5.41) is 11.3. The third-order valence-corrected chi connectivity index (χ3v) is 7.68. The van der Waals surface area contributed by atoms with Gasteiger partial charge in [0.25, 0.3) is 5.56 Å². The maximum atomic E-state index is 13.3. The Labute approximate surface area is 214 Å². The Morgan fingerprint density at radius 3 is 2.58 bits per heavy atom. The third-order valence-electron chi connectivity index (χ3n) is 6.72. The molecule has 5 rings (SSSR count).